The van der Waals surface area contributed by atoms with Crippen LogP contribution in [-0.2, 0) is 0 Å². The van der Waals surface area contributed by atoms with Crippen LogP contribution in [0.5, 0.6) is 5.75 Å². The van der Waals surface area contributed by atoms with Crippen LogP contribution in [0.4, 0.5) is 11.4 Å². The predicted octanol–water partition coefficient (Wildman–Crippen LogP) is 2.38. The Balaban J connectivity index is 2.51. The first-order valence-electron chi connectivity index (χ1n) is 5.72. The van der Waals surface area contributed by atoms with E-state index < -0.39 is 5.63 Å². The van der Waals surface area contributed by atoms with Gasteiger partial charge in [0.25, 0.3) is 0 Å². The SMILES string of the molecule is CC(=Nc1cccc(N)c1)c1c(O)cc(C)oc1=O. The van der Waals surface area contributed by atoms with Crippen LogP contribution in [0.15, 0.2) is 44.5 Å². The monoisotopic (exact) mass is 258 g/mol. The number of nitrogens with zero attached hydrogens (tertiary/aromatic N) is 1. The van der Waals surface area contributed by atoms with Crippen LogP contribution in [0.1, 0.15) is 18.2 Å². The van der Waals surface area contributed by atoms with Gasteiger partial charge in [-0.1, -0.05) is 6.07 Å². The number of nitrogen functional groups attached to an aromatic ring is 1. The molecule has 0 amide bonds. The van der Waals surface area contributed by atoms with Crippen molar-refractivity contribution in [2.75, 3.05) is 5.73 Å². The van der Waals surface area contributed by atoms with Crippen LogP contribution >= 0.6 is 0 Å². The molecule has 0 unspecified atom stereocenters. The normalized spacial score (nSPS) is 11.6. The van der Waals surface area contributed by atoms with Crippen molar-refractivity contribution in [2.24, 2.45) is 4.99 Å². The van der Waals surface area contributed by atoms with Crippen molar-refractivity contribution in [1.29, 1.82) is 0 Å². The van der Waals surface area contributed by atoms with E-state index in [1.807, 2.05) is 0 Å². The fraction of sp³-hybridized carbons (Fsp3) is 0.143. The molecule has 0 saturated carbocycles. The third kappa shape index (κ3) is 2.82. The third-order valence-electron chi connectivity index (χ3n) is 2.58. The number of aromatic hydroxyl groups is 1. The highest BCUT2D eigenvalue weighted by Crippen LogP contribution is 2.20. The zero-order valence-corrected chi connectivity index (χ0v) is 10.7. The van der Waals surface area contributed by atoms with Crippen molar-refractivity contribution in [2.45, 2.75) is 13.8 Å². The first-order valence-corrected chi connectivity index (χ1v) is 5.72. The van der Waals surface area contributed by atoms with Crippen LogP contribution in [0, 0.1) is 6.92 Å². The lowest BCUT2D eigenvalue weighted by molar-refractivity contribution is 0.432. The Labute approximate surface area is 110 Å². The van der Waals surface area contributed by atoms with Gasteiger partial charge in [-0.15, -0.1) is 0 Å². The molecule has 98 valence electrons. The number of anilines is 1. The van der Waals surface area contributed by atoms with E-state index in [0.717, 1.165) is 0 Å². The Hall–Kier alpha value is -2.56. The van der Waals surface area contributed by atoms with E-state index in [9.17, 15) is 9.90 Å². The highest BCUT2D eigenvalue weighted by atomic mass is 16.4. The van der Waals surface area contributed by atoms with Crippen LogP contribution in [0.2, 0.25) is 0 Å². The van der Waals surface area contributed by atoms with Crippen molar-refractivity contribution >= 4 is 17.1 Å². The minimum absolute atomic E-state index is 0.0630. The Kier molecular flexibility index (Phi) is 3.37. The van der Waals surface area contributed by atoms with Gasteiger partial charge in [-0.25, -0.2) is 4.79 Å². The maximum atomic E-state index is 11.7. The summed E-state index contributed by atoms with van der Waals surface area (Å²) in [6.07, 6.45) is 0. The molecular weight excluding hydrogens is 244 g/mol. The molecule has 0 atom stereocenters. The van der Waals surface area contributed by atoms with Crippen molar-refractivity contribution < 1.29 is 9.52 Å². The number of rotatable bonds is 2. The molecular formula is C14H14N2O3. The smallest absolute Gasteiger partial charge is 0.348 e. The summed E-state index contributed by atoms with van der Waals surface area (Å²) in [5.74, 6) is 0.210. The molecule has 3 N–H and O–H groups in total. The first-order chi connectivity index (χ1) is 8.97. The van der Waals surface area contributed by atoms with Crippen LogP contribution < -0.4 is 11.4 Å². The second kappa shape index (κ2) is 4.97. The summed E-state index contributed by atoms with van der Waals surface area (Å²) in [6.45, 7) is 3.22. The van der Waals surface area contributed by atoms with Gasteiger partial charge in [-0.3, -0.25) is 4.99 Å². The molecule has 0 fully saturated rings. The average Bonchev–Trinajstić information content (AvgIpc) is 2.27. The molecule has 5 nitrogen and oxygen atoms in total. The van der Waals surface area contributed by atoms with Gasteiger partial charge in [0.15, 0.2) is 0 Å². The summed E-state index contributed by atoms with van der Waals surface area (Å²) < 4.78 is 4.95. The van der Waals surface area contributed by atoms with E-state index in [-0.39, 0.29) is 11.3 Å². The van der Waals surface area contributed by atoms with Gasteiger partial charge in [0.05, 0.1) is 11.4 Å². The van der Waals surface area contributed by atoms with Gasteiger partial charge in [0.2, 0.25) is 0 Å². The van der Waals surface area contributed by atoms with Gasteiger partial charge in [0, 0.05) is 11.8 Å². The predicted molar refractivity (Wildman–Crippen MR) is 74.1 cm³/mol. The Morgan fingerprint density at radius 1 is 1.37 bits per heavy atom. The largest absolute Gasteiger partial charge is 0.507 e. The summed E-state index contributed by atoms with van der Waals surface area (Å²) in [4.78, 5) is 16.0. The molecule has 1 aromatic heterocycles. The molecule has 0 aliphatic heterocycles. The fourth-order valence-corrected chi connectivity index (χ4v) is 1.77. The molecule has 0 bridgehead atoms. The molecule has 0 aliphatic rings. The molecule has 2 rings (SSSR count). The number of aliphatic imine (C=N–C) groups is 1. The van der Waals surface area contributed by atoms with Gasteiger partial charge in [-0.05, 0) is 32.0 Å². The molecule has 0 spiro atoms. The second-order valence-electron chi connectivity index (χ2n) is 4.20. The number of hydrogen-bond acceptors (Lipinski definition) is 5. The molecule has 1 heterocycles. The highest BCUT2D eigenvalue weighted by Gasteiger charge is 2.12. The molecule has 0 saturated heterocycles. The van der Waals surface area contributed by atoms with Crippen LogP contribution in [-0.4, -0.2) is 10.8 Å². The zero-order chi connectivity index (χ0) is 14.0. The molecule has 19 heavy (non-hydrogen) atoms. The van der Waals surface area contributed by atoms with E-state index in [0.29, 0.717) is 22.8 Å². The van der Waals surface area contributed by atoms with Crippen molar-refractivity contribution in [3.63, 3.8) is 0 Å². The summed E-state index contributed by atoms with van der Waals surface area (Å²) in [7, 11) is 0. The van der Waals surface area contributed by atoms with Crippen LogP contribution in [0.3, 0.4) is 0 Å². The maximum Gasteiger partial charge on any atom is 0.348 e. The molecule has 2 aromatic rings. The van der Waals surface area contributed by atoms with E-state index in [1.165, 1.54) is 6.07 Å². The quantitative estimate of drug-likeness (QED) is 0.639. The summed E-state index contributed by atoms with van der Waals surface area (Å²) in [5, 5.41) is 9.81. The van der Waals surface area contributed by atoms with E-state index in [4.69, 9.17) is 10.2 Å². The lowest BCUT2D eigenvalue weighted by Gasteiger charge is -2.04. The Morgan fingerprint density at radius 3 is 2.74 bits per heavy atom. The van der Waals surface area contributed by atoms with Crippen LogP contribution in [0.25, 0.3) is 0 Å². The van der Waals surface area contributed by atoms with E-state index >= 15 is 0 Å². The van der Waals surface area contributed by atoms with Crippen molar-refractivity contribution in [3.8, 4) is 5.75 Å². The highest BCUT2D eigenvalue weighted by molar-refractivity contribution is 6.02. The summed E-state index contributed by atoms with van der Waals surface area (Å²) in [6, 6.07) is 8.32. The number of aryl methyl sites for hydroxylation is 1. The standard InChI is InChI=1S/C14H14N2O3/c1-8-6-12(17)13(14(18)19-8)9(2)16-11-5-3-4-10(15)7-11/h3-7,17H,15H2,1-2H3. The average molecular weight is 258 g/mol. The molecule has 0 aliphatic carbocycles. The summed E-state index contributed by atoms with van der Waals surface area (Å²) >= 11 is 0. The fourth-order valence-electron chi connectivity index (χ4n) is 1.77. The molecule has 0 radical (unpaired) electrons. The zero-order valence-electron chi connectivity index (χ0n) is 10.7. The Morgan fingerprint density at radius 2 is 2.11 bits per heavy atom. The molecule has 1 aromatic carbocycles. The van der Waals surface area contributed by atoms with Crippen molar-refractivity contribution in [3.05, 3.63) is 52.1 Å². The number of benzene rings is 1. The first kappa shape index (κ1) is 12.9. The van der Waals surface area contributed by atoms with Crippen molar-refractivity contribution in [1.82, 2.24) is 0 Å². The van der Waals surface area contributed by atoms with Gasteiger partial charge in [-0.2, -0.15) is 0 Å². The second-order valence-corrected chi connectivity index (χ2v) is 4.20. The lowest BCUT2D eigenvalue weighted by atomic mass is 10.1. The maximum absolute atomic E-state index is 11.7. The Bertz CT molecular complexity index is 702. The van der Waals surface area contributed by atoms with Gasteiger partial charge < -0.3 is 15.3 Å². The lowest BCUT2D eigenvalue weighted by Crippen LogP contribution is -2.12. The minimum Gasteiger partial charge on any atom is -0.507 e. The van der Waals surface area contributed by atoms with Gasteiger partial charge >= 0.3 is 5.63 Å². The van der Waals surface area contributed by atoms with Gasteiger partial charge in [0.1, 0.15) is 17.1 Å². The topological polar surface area (TPSA) is 88.8 Å². The minimum atomic E-state index is -0.609. The van der Waals surface area contributed by atoms with E-state index in [1.54, 1.807) is 38.1 Å². The summed E-state index contributed by atoms with van der Waals surface area (Å²) in [5.41, 5.74) is 6.67. The third-order valence-corrected chi connectivity index (χ3v) is 2.58. The number of nitrogens with two attached hydrogens (primary N) is 1. The molecule has 5 heteroatoms. The number of hydrogen-bond donors (Lipinski definition) is 2. The van der Waals surface area contributed by atoms with E-state index in [2.05, 4.69) is 4.99 Å².